The molecule has 0 aliphatic carbocycles. The normalized spacial score (nSPS) is 10.6. The number of rotatable bonds is 7. The van der Waals surface area contributed by atoms with Crippen molar-refractivity contribution in [3.8, 4) is 11.3 Å². The van der Waals surface area contributed by atoms with Crippen molar-refractivity contribution in [3.63, 3.8) is 0 Å². The van der Waals surface area contributed by atoms with E-state index in [1.807, 2.05) is 56.3 Å². The fourth-order valence-electron chi connectivity index (χ4n) is 2.73. The van der Waals surface area contributed by atoms with Gasteiger partial charge in [0.25, 0.3) is 0 Å². The number of hydrogen-bond donors (Lipinski definition) is 2. The van der Waals surface area contributed by atoms with Crippen LogP contribution in [-0.4, -0.2) is 28.6 Å². The van der Waals surface area contributed by atoms with E-state index in [4.69, 9.17) is 4.74 Å². The molecule has 0 saturated heterocycles. The molecule has 144 valence electrons. The van der Waals surface area contributed by atoms with Crippen LogP contribution in [0.1, 0.15) is 31.1 Å². The molecule has 0 bridgehead atoms. The average Bonchev–Trinajstić information content (AvgIpc) is 2.68. The highest BCUT2D eigenvalue weighted by Gasteiger charge is 2.14. The largest absolute Gasteiger partial charge is 0.462 e. The Hall–Kier alpha value is -3.41. The van der Waals surface area contributed by atoms with Crippen LogP contribution in [0.25, 0.3) is 11.3 Å². The number of anilines is 3. The molecule has 0 saturated carbocycles. The number of nitrogens with zero attached hydrogens (tertiary/aromatic N) is 2. The van der Waals surface area contributed by atoms with Gasteiger partial charge < -0.3 is 15.4 Å². The summed E-state index contributed by atoms with van der Waals surface area (Å²) >= 11 is 0. The highest BCUT2D eigenvalue weighted by atomic mass is 16.5. The Balaban J connectivity index is 1.99. The molecule has 0 atom stereocenters. The fourth-order valence-corrected chi connectivity index (χ4v) is 2.73. The second kappa shape index (κ2) is 8.99. The molecule has 2 N–H and O–H groups in total. The van der Waals surface area contributed by atoms with E-state index in [9.17, 15) is 4.79 Å². The number of carbonyl (C=O) groups excluding carboxylic acids is 1. The zero-order chi connectivity index (χ0) is 19.9. The van der Waals surface area contributed by atoms with E-state index in [1.165, 1.54) is 0 Å². The van der Waals surface area contributed by atoms with Crippen LogP contribution in [0, 0.1) is 0 Å². The third-order valence-electron chi connectivity index (χ3n) is 3.90. The Bertz CT molecular complexity index is 942. The molecule has 1 heterocycles. The van der Waals surface area contributed by atoms with E-state index in [1.54, 1.807) is 25.1 Å². The van der Waals surface area contributed by atoms with Crippen molar-refractivity contribution >= 4 is 23.4 Å². The molecule has 1 aromatic heterocycles. The summed E-state index contributed by atoms with van der Waals surface area (Å²) in [6.45, 7) is 6.20. The van der Waals surface area contributed by atoms with Gasteiger partial charge >= 0.3 is 5.97 Å². The van der Waals surface area contributed by atoms with Crippen molar-refractivity contribution < 1.29 is 9.53 Å². The van der Waals surface area contributed by atoms with Gasteiger partial charge in [-0.25, -0.2) is 9.78 Å². The van der Waals surface area contributed by atoms with E-state index in [0.717, 1.165) is 11.3 Å². The molecule has 28 heavy (non-hydrogen) atoms. The van der Waals surface area contributed by atoms with Crippen LogP contribution in [0.2, 0.25) is 0 Å². The number of hydrogen-bond acceptors (Lipinski definition) is 6. The van der Waals surface area contributed by atoms with Crippen molar-refractivity contribution in [1.29, 1.82) is 0 Å². The predicted molar refractivity (Wildman–Crippen MR) is 112 cm³/mol. The van der Waals surface area contributed by atoms with Gasteiger partial charge in [-0.1, -0.05) is 42.5 Å². The van der Waals surface area contributed by atoms with Gasteiger partial charge in [-0.2, -0.15) is 4.98 Å². The number of benzene rings is 2. The highest BCUT2D eigenvalue weighted by molar-refractivity contribution is 5.96. The van der Waals surface area contributed by atoms with Gasteiger partial charge in [0.2, 0.25) is 5.95 Å². The van der Waals surface area contributed by atoms with Crippen molar-refractivity contribution in [2.24, 2.45) is 0 Å². The second-order valence-electron chi connectivity index (χ2n) is 6.52. The summed E-state index contributed by atoms with van der Waals surface area (Å²) in [5.74, 6) is 0.728. The third kappa shape index (κ3) is 4.85. The summed E-state index contributed by atoms with van der Waals surface area (Å²) in [5.41, 5.74) is 2.81. The molecule has 3 aromatic rings. The summed E-state index contributed by atoms with van der Waals surface area (Å²) in [6, 6.07) is 19.2. The predicted octanol–water partition coefficient (Wildman–Crippen LogP) is 4.88. The van der Waals surface area contributed by atoms with E-state index < -0.39 is 0 Å². The van der Waals surface area contributed by atoms with Crippen LogP contribution in [-0.2, 0) is 4.74 Å². The van der Waals surface area contributed by atoms with Crippen LogP contribution in [0.15, 0.2) is 60.7 Å². The lowest BCUT2D eigenvalue weighted by molar-refractivity contribution is 0.0527. The molecule has 0 aliphatic heterocycles. The van der Waals surface area contributed by atoms with Crippen LogP contribution in [0.4, 0.5) is 17.5 Å². The first kappa shape index (κ1) is 19.4. The molecule has 6 nitrogen and oxygen atoms in total. The summed E-state index contributed by atoms with van der Waals surface area (Å²) in [6.07, 6.45) is 0. The Morgan fingerprint density at radius 3 is 2.46 bits per heavy atom. The van der Waals surface area contributed by atoms with Crippen LogP contribution in [0.3, 0.4) is 0 Å². The lowest BCUT2D eigenvalue weighted by atomic mass is 10.1. The van der Waals surface area contributed by atoms with Gasteiger partial charge in [-0.3, -0.25) is 0 Å². The third-order valence-corrected chi connectivity index (χ3v) is 3.90. The molecule has 0 aliphatic rings. The zero-order valence-corrected chi connectivity index (χ0v) is 16.3. The van der Waals surface area contributed by atoms with Crippen molar-refractivity contribution in [3.05, 3.63) is 66.2 Å². The van der Waals surface area contributed by atoms with Crippen molar-refractivity contribution in [2.45, 2.75) is 26.8 Å². The van der Waals surface area contributed by atoms with E-state index in [2.05, 4.69) is 20.6 Å². The average molecular weight is 376 g/mol. The van der Waals surface area contributed by atoms with Gasteiger partial charge in [0.1, 0.15) is 5.82 Å². The smallest absolute Gasteiger partial charge is 0.340 e. The summed E-state index contributed by atoms with van der Waals surface area (Å²) < 4.78 is 5.14. The van der Waals surface area contributed by atoms with Gasteiger partial charge in [-0.15, -0.1) is 0 Å². The summed E-state index contributed by atoms with van der Waals surface area (Å²) in [4.78, 5) is 21.4. The number of carbonyl (C=O) groups is 1. The molecule has 0 amide bonds. The van der Waals surface area contributed by atoms with E-state index in [0.29, 0.717) is 29.6 Å². The highest BCUT2D eigenvalue weighted by Crippen LogP contribution is 2.25. The molecule has 0 fully saturated rings. The number of aromatic nitrogens is 2. The molecule has 6 heteroatoms. The molecule has 2 aromatic carbocycles. The Morgan fingerprint density at radius 1 is 1.04 bits per heavy atom. The summed E-state index contributed by atoms with van der Waals surface area (Å²) in [5, 5.41) is 6.49. The minimum Gasteiger partial charge on any atom is -0.462 e. The van der Waals surface area contributed by atoms with Gasteiger partial charge in [0.05, 0.1) is 23.6 Å². The standard InChI is InChI=1S/C22H24N4O2/c1-4-28-21(27)17-12-8-9-13-18(17)24-22-25-19(16-10-6-5-7-11-16)14-20(26-22)23-15(2)3/h5-15H,4H2,1-3H3,(H2,23,24,25,26). The molecular weight excluding hydrogens is 352 g/mol. The van der Waals surface area contributed by atoms with Crippen LogP contribution >= 0.6 is 0 Å². The summed E-state index contributed by atoms with van der Waals surface area (Å²) in [7, 11) is 0. The quantitative estimate of drug-likeness (QED) is 0.572. The lowest BCUT2D eigenvalue weighted by Crippen LogP contribution is -2.13. The molecule has 3 rings (SSSR count). The minimum absolute atomic E-state index is 0.221. The van der Waals surface area contributed by atoms with E-state index in [-0.39, 0.29) is 12.0 Å². The maximum Gasteiger partial charge on any atom is 0.340 e. The van der Waals surface area contributed by atoms with Crippen molar-refractivity contribution in [2.75, 3.05) is 17.2 Å². The first-order valence-electron chi connectivity index (χ1n) is 9.31. The molecule has 0 unspecified atom stereocenters. The number of para-hydroxylation sites is 1. The zero-order valence-electron chi connectivity index (χ0n) is 16.3. The fraction of sp³-hybridized carbons (Fsp3) is 0.227. The number of nitrogens with one attached hydrogen (secondary N) is 2. The Labute approximate surface area is 165 Å². The lowest BCUT2D eigenvalue weighted by Gasteiger charge is -2.14. The van der Waals surface area contributed by atoms with E-state index >= 15 is 0 Å². The first-order valence-corrected chi connectivity index (χ1v) is 9.31. The molecule has 0 spiro atoms. The van der Waals surface area contributed by atoms with Crippen LogP contribution < -0.4 is 10.6 Å². The SMILES string of the molecule is CCOC(=O)c1ccccc1Nc1nc(NC(C)C)cc(-c2ccccc2)n1. The Kier molecular flexibility index (Phi) is 6.22. The minimum atomic E-state index is -0.384. The number of ether oxygens (including phenoxy) is 1. The Morgan fingerprint density at radius 2 is 1.75 bits per heavy atom. The number of esters is 1. The van der Waals surface area contributed by atoms with Gasteiger partial charge in [-0.05, 0) is 32.9 Å². The molecular formula is C22H24N4O2. The first-order chi connectivity index (χ1) is 13.6. The maximum atomic E-state index is 12.2. The van der Waals surface area contributed by atoms with Crippen LogP contribution in [0.5, 0.6) is 0 Å². The second-order valence-corrected chi connectivity index (χ2v) is 6.52. The maximum absolute atomic E-state index is 12.2. The topological polar surface area (TPSA) is 76.1 Å². The van der Waals surface area contributed by atoms with Gasteiger partial charge in [0.15, 0.2) is 0 Å². The molecule has 0 radical (unpaired) electrons. The monoisotopic (exact) mass is 376 g/mol. The van der Waals surface area contributed by atoms with Crippen molar-refractivity contribution in [1.82, 2.24) is 9.97 Å². The van der Waals surface area contributed by atoms with Gasteiger partial charge in [0, 0.05) is 17.7 Å².